The summed E-state index contributed by atoms with van der Waals surface area (Å²) in [4.78, 5) is 9.25. The molecule has 132 valence electrons. The van der Waals surface area contributed by atoms with Crippen LogP contribution >= 0.6 is 0 Å². The second kappa shape index (κ2) is 9.12. The number of benzene rings is 1. The molecule has 0 spiro atoms. The van der Waals surface area contributed by atoms with Gasteiger partial charge < -0.3 is 26.9 Å². The normalized spacial score (nSPS) is 10.8. The molecular weight excluding hydrogens is 382 g/mol. The molecule has 1 aromatic carbocycles. The summed E-state index contributed by atoms with van der Waals surface area (Å²) in [6, 6.07) is 8.10. The highest BCUT2D eigenvalue weighted by Crippen LogP contribution is 2.21. The average molecular weight is 404 g/mol. The third-order valence-electron chi connectivity index (χ3n) is 3.79. The first-order chi connectivity index (χ1) is 11.7. The Morgan fingerprint density at radius 2 is 2.04 bits per heavy atom. The quantitative estimate of drug-likeness (QED) is 0.445. The zero-order chi connectivity index (χ0) is 16.8. The fourth-order valence-electron chi connectivity index (χ4n) is 2.49. The van der Waals surface area contributed by atoms with Crippen molar-refractivity contribution in [3.63, 3.8) is 0 Å². The molecule has 0 aliphatic heterocycles. The maximum Gasteiger partial charge on any atom is 0.246 e. The summed E-state index contributed by atoms with van der Waals surface area (Å²) in [5.41, 5.74) is 2.00. The highest BCUT2D eigenvalue weighted by atomic mass is 79.9. The van der Waals surface area contributed by atoms with Crippen LogP contribution in [0.3, 0.4) is 0 Å². The number of imidazole rings is 2. The summed E-state index contributed by atoms with van der Waals surface area (Å²) in [5.74, 6) is 0.508. The van der Waals surface area contributed by atoms with Gasteiger partial charge in [0.1, 0.15) is 18.9 Å². The van der Waals surface area contributed by atoms with Gasteiger partial charge in [-0.15, -0.1) is 10.2 Å². The lowest BCUT2D eigenvalue weighted by molar-refractivity contribution is -0.671. The van der Waals surface area contributed by atoms with Crippen molar-refractivity contribution in [3.05, 3.63) is 55.4 Å². The first-order valence-electron chi connectivity index (χ1n) is 8.02. The fraction of sp³-hybridized carbons (Fsp3) is 0.294. The van der Waals surface area contributed by atoms with Crippen molar-refractivity contribution >= 4 is 17.3 Å². The largest absolute Gasteiger partial charge is 1.00 e. The molecule has 0 atom stereocenters. The third kappa shape index (κ3) is 5.25. The highest BCUT2D eigenvalue weighted by Gasteiger charge is 2.07. The van der Waals surface area contributed by atoms with Crippen molar-refractivity contribution < 1.29 is 21.5 Å². The Labute approximate surface area is 157 Å². The van der Waals surface area contributed by atoms with Crippen molar-refractivity contribution in [1.82, 2.24) is 14.5 Å². The van der Waals surface area contributed by atoms with E-state index in [9.17, 15) is 0 Å². The van der Waals surface area contributed by atoms with E-state index in [0.717, 1.165) is 25.3 Å². The van der Waals surface area contributed by atoms with Gasteiger partial charge in [-0.1, -0.05) is 0 Å². The van der Waals surface area contributed by atoms with E-state index in [0.29, 0.717) is 5.95 Å². The Hall–Kier alpha value is -2.48. The van der Waals surface area contributed by atoms with Crippen LogP contribution in [0.1, 0.15) is 6.92 Å². The molecule has 0 radical (unpaired) electrons. The van der Waals surface area contributed by atoms with Crippen LogP contribution in [0.5, 0.6) is 0 Å². The van der Waals surface area contributed by atoms with Gasteiger partial charge in [0.2, 0.25) is 12.3 Å². The predicted molar refractivity (Wildman–Crippen MR) is 92.7 cm³/mol. The lowest BCUT2D eigenvalue weighted by Gasteiger charge is -2.22. The second-order valence-corrected chi connectivity index (χ2v) is 5.53. The van der Waals surface area contributed by atoms with E-state index in [-0.39, 0.29) is 17.0 Å². The Morgan fingerprint density at radius 3 is 2.64 bits per heavy atom. The molecule has 3 aromatic rings. The minimum absolute atomic E-state index is 0. The molecule has 3 rings (SSSR count). The van der Waals surface area contributed by atoms with Crippen LogP contribution in [0.15, 0.2) is 65.6 Å². The van der Waals surface area contributed by atoms with Crippen LogP contribution in [0, 0.1) is 0 Å². The van der Waals surface area contributed by atoms with Crippen molar-refractivity contribution in [2.24, 2.45) is 17.3 Å². The number of likely N-dealkylation sites (N-methyl/N-ethyl adjacent to an activating group) is 1. The third-order valence-corrected chi connectivity index (χ3v) is 3.79. The number of azo groups is 1. The number of aromatic nitrogens is 4. The van der Waals surface area contributed by atoms with Gasteiger partial charge in [-0.05, 0) is 31.2 Å². The minimum atomic E-state index is 0. The van der Waals surface area contributed by atoms with Crippen molar-refractivity contribution in [1.29, 1.82) is 0 Å². The number of aromatic amines is 1. The smallest absolute Gasteiger partial charge is 0.246 e. The number of halogens is 1. The molecule has 0 aliphatic rings. The molecule has 0 saturated heterocycles. The number of rotatable bonds is 7. The van der Waals surface area contributed by atoms with Gasteiger partial charge in [-0.3, -0.25) is 0 Å². The Bertz CT molecular complexity index is 778. The van der Waals surface area contributed by atoms with E-state index >= 15 is 0 Å². The maximum atomic E-state index is 4.18. The summed E-state index contributed by atoms with van der Waals surface area (Å²) in [6.45, 7) is 5.04. The Balaban J connectivity index is 0.00000225. The standard InChI is InChI=1S/C17H22N7.BrH/c1-3-24(13-12-23-11-10-22(2)14-23)16-6-4-15(5-7-16)20-21-17-18-8-9-19-17;/h4-11,14H,3,12-13H2,1-2H3,(H,18,19);1H/q+1;/p-1/b21-20+;. The molecule has 8 heteroatoms. The van der Waals surface area contributed by atoms with Crippen LogP contribution in [0.4, 0.5) is 17.3 Å². The Kier molecular flexibility index (Phi) is 6.88. The second-order valence-electron chi connectivity index (χ2n) is 5.53. The van der Waals surface area contributed by atoms with Gasteiger partial charge in [0.15, 0.2) is 0 Å². The lowest BCUT2D eigenvalue weighted by atomic mass is 10.2. The molecule has 25 heavy (non-hydrogen) atoms. The van der Waals surface area contributed by atoms with E-state index < -0.39 is 0 Å². The molecule has 0 fully saturated rings. The SMILES string of the molecule is CCN(CCn1cc[n+](C)c1)c1ccc(/N=N/c2ncc[nH]2)cc1.[Br-]. The first-order valence-corrected chi connectivity index (χ1v) is 8.02. The van der Waals surface area contributed by atoms with E-state index in [1.165, 1.54) is 5.69 Å². The van der Waals surface area contributed by atoms with Gasteiger partial charge in [-0.2, -0.15) is 0 Å². The zero-order valence-corrected chi connectivity index (χ0v) is 16.0. The number of hydrogen-bond acceptors (Lipinski definition) is 4. The first kappa shape index (κ1) is 18.9. The molecule has 7 nitrogen and oxygen atoms in total. The fourth-order valence-corrected chi connectivity index (χ4v) is 2.49. The lowest BCUT2D eigenvalue weighted by Crippen LogP contribution is -3.00. The van der Waals surface area contributed by atoms with Gasteiger partial charge in [-0.25, -0.2) is 14.1 Å². The summed E-state index contributed by atoms with van der Waals surface area (Å²) < 4.78 is 4.24. The van der Waals surface area contributed by atoms with Crippen molar-refractivity contribution in [2.75, 3.05) is 18.0 Å². The minimum Gasteiger partial charge on any atom is -1.00 e. The van der Waals surface area contributed by atoms with Crippen molar-refractivity contribution in [2.45, 2.75) is 13.5 Å². The molecule has 0 amide bonds. The van der Waals surface area contributed by atoms with Crippen molar-refractivity contribution in [3.8, 4) is 0 Å². The molecule has 0 unspecified atom stereocenters. The van der Waals surface area contributed by atoms with E-state index in [2.05, 4.69) is 72.0 Å². The number of H-pyrrole nitrogens is 1. The van der Waals surface area contributed by atoms with Crippen LogP contribution in [-0.2, 0) is 13.6 Å². The molecule has 0 saturated carbocycles. The van der Waals surface area contributed by atoms with E-state index in [1.807, 2.05) is 19.2 Å². The van der Waals surface area contributed by atoms with Crippen LogP contribution in [0.25, 0.3) is 0 Å². The number of hydrogen-bond donors (Lipinski definition) is 1. The summed E-state index contributed by atoms with van der Waals surface area (Å²) >= 11 is 0. The average Bonchev–Trinajstić information content (AvgIpc) is 3.26. The van der Waals surface area contributed by atoms with Crippen LogP contribution in [-0.4, -0.2) is 27.6 Å². The molecule has 0 bridgehead atoms. The topological polar surface area (TPSA) is 65.4 Å². The van der Waals surface area contributed by atoms with Gasteiger partial charge >= 0.3 is 0 Å². The number of nitrogens with zero attached hydrogens (tertiary/aromatic N) is 6. The molecule has 2 heterocycles. The summed E-state index contributed by atoms with van der Waals surface area (Å²) in [7, 11) is 2.03. The summed E-state index contributed by atoms with van der Waals surface area (Å²) in [5, 5.41) is 8.23. The number of nitrogens with one attached hydrogen (secondary N) is 1. The highest BCUT2D eigenvalue weighted by molar-refractivity contribution is 5.52. The van der Waals surface area contributed by atoms with Crippen LogP contribution < -0.4 is 26.4 Å². The maximum absolute atomic E-state index is 4.18. The molecule has 2 aromatic heterocycles. The number of aryl methyl sites for hydroxylation is 1. The van der Waals surface area contributed by atoms with Gasteiger partial charge in [0.25, 0.3) is 0 Å². The van der Waals surface area contributed by atoms with E-state index in [4.69, 9.17) is 0 Å². The molecule has 0 aliphatic carbocycles. The molecular formula is C17H22BrN7. The van der Waals surface area contributed by atoms with E-state index in [1.54, 1.807) is 12.4 Å². The number of anilines is 1. The van der Waals surface area contributed by atoms with Crippen LogP contribution in [0.2, 0.25) is 0 Å². The summed E-state index contributed by atoms with van der Waals surface area (Å²) in [6.07, 6.45) is 9.61. The van der Waals surface area contributed by atoms with Gasteiger partial charge in [0, 0.05) is 24.6 Å². The zero-order valence-electron chi connectivity index (χ0n) is 14.4. The predicted octanol–water partition coefficient (Wildman–Crippen LogP) is -0.0184. The Morgan fingerprint density at radius 1 is 1.24 bits per heavy atom. The monoisotopic (exact) mass is 403 g/mol. The molecule has 1 N–H and O–H groups in total. The van der Waals surface area contributed by atoms with Gasteiger partial charge in [0.05, 0.1) is 19.3 Å².